The number of carbonyl (C=O) groups is 1. The van der Waals surface area contributed by atoms with E-state index in [0.717, 1.165) is 22.8 Å². The highest BCUT2D eigenvalue weighted by atomic mass is 35.5. The van der Waals surface area contributed by atoms with Crippen molar-refractivity contribution in [3.05, 3.63) is 73.8 Å². The fourth-order valence-corrected chi connectivity index (χ4v) is 2.51. The number of hydrogen-bond acceptors (Lipinski definition) is 3. The molecule has 0 radical (unpaired) electrons. The number of rotatable bonds is 3. The number of hydrogen-bond donors (Lipinski definition) is 2. The number of amides is 1. The summed E-state index contributed by atoms with van der Waals surface area (Å²) in [6.45, 7) is -0.486. The molecule has 0 saturated heterocycles. The molecule has 1 heterocycles. The molecule has 3 rings (SSSR count). The van der Waals surface area contributed by atoms with Gasteiger partial charge < -0.3 is 10.3 Å². The molecule has 3 aromatic rings. The first kappa shape index (κ1) is 16.8. The highest BCUT2D eigenvalue weighted by Gasteiger charge is 2.13. The summed E-state index contributed by atoms with van der Waals surface area (Å²) in [7, 11) is 0. The van der Waals surface area contributed by atoms with Gasteiger partial charge in [0, 0.05) is 5.69 Å². The van der Waals surface area contributed by atoms with Gasteiger partial charge in [0.15, 0.2) is 0 Å². The van der Waals surface area contributed by atoms with E-state index in [0.29, 0.717) is 0 Å². The van der Waals surface area contributed by atoms with Gasteiger partial charge in [-0.05, 0) is 36.4 Å². The van der Waals surface area contributed by atoms with Gasteiger partial charge >= 0.3 is 11.1 Å². The molecular weight excluding hydrogens is 356 g/mol. The third kappa shape index (κ3) is 3.43. The molecule has 0 atom stereocenters. The summed E-state index contributed by atoms with van der Waals surface area (Å²) in [6, 6.07) is 7.02. The average Bonchev–Trinajstić information content (AvgIpc) is 2.55. The molecule has 0 aliphatic carbocycles. The van der Waals surface area contributed by atoms with Gasteiger partial charge in [0.1, 0.15) is 18.2 Å². The van der Waals surface area contributed by atoms with Crippen molar-refractivity contribution in [2.75, 3.05) is 5.32 Å². The lowest BCUT2D eigenvalue weighted by Gasteiger charge is -2.10. The van der Waals surface area contributed by atoms with E-state index in [2.05, 4.69) is 10.3 Å². The number of fused-ring (bicyclic) bond motifs is 1. The van der Waals surface area contributed by atoms with Gasteiger partial charge in [-0.15, -0.1) is 0 Å². The minimum atomic E-state index is -0.976. The zero-order valence-corrected chi connectivity index (χ0v) is 13.2. The van der Waals surface area contributed by atoms with Gasteiger partial charge in [-0.3, -0.25) is 19.0 Å². The molecule has 0 spiro atoms. The lowest BCUT2D eigenvalue weighted by molar-refractivity contribution is -0.116. The van der Waals surface area contributed by atoms with Gasteiger partial charge in [0.25, 0.3) is 0 Å². The first-order valence-electron chi connectivity index (χ1n) is 7.02. The van der Waals surface area contributed by atoms with Gasteiger partial charge in [-0.25, -0.2) is 8.78 Å². The molecule has 0 unspecified atom stereocenters. The van der Waals surface area contributed by atoms with Gasteiger partial charge in [0.2, 0.25) is 5.91 Å². The molecule has 25 heavy (non-hydrogen) atoms. The summed E-state index contributed by atoms with van der Waals surface area (Å²) in [5, 5.41) is 2.27. The number of aromatic nitrogens is 2. The van der Waals surface area contributed by atoms with E-state index in [-0.39, 0.29) is 21.7 Å². The fraction of sp³-hybridized carbons (Fsp3) is 0.0625. The fourth-order valence-electron chi connectivity index (χ4n) is 2.33. The zero-order chi connectivity index (χ0) is 18.1. The number of carbonyl (C=O) groups excluding carboxylic acids is 1. The summed E-state index contributed by atoms with van der Waals surface area (Å²) in [4.78, 5) is 38.1. The lowest BCUT2D eigenvalue weighted by atomic mass is 10.2. The Morgan fingerprint density at radius 3 is 2.64 bits per heavy atom. The Morgan fingerprint density at radius 2 is 1.92 bits per heavy atom. The summed E-state index contributed by atoms with van der Waals surface area (Å²) in [5.41, 5.74) is -1.42. The van der Waals surface area contributed by atoms with Crippen LogP contribution < -0.4 is 16.4 Å². The Morgan fingerprint density at radius 1 is 1.16 bits per heavy atom. The Labute approximate surface area is 143 Å². The zero-order valence-electron chi connectivity index (χ0n) is 12.5. The molecule has 1 aromatic heterocycles. The van der Waals surface area contributed by atoms with Crippen LogP contribution in [0.4, 0.5) is 14.5 Å². The maximum absolute atomic E-state index is 13.3. The summed E-state index contributed by atoms with van der Waals surface area (Å²) in [6.07, 6.45) is 0. The quantitative estimate of drug-likeness (QED) is 0.698. The van der Waals surface area contributed by atoms with Crippen LogP contribution in [-0.2, 0) is 11.3 Å². The van der Waals surface area contributed by atoms with E-state index < -0.39 is 35.2 Å². The Balaban J connectivity index is 1.95. The smallest absolute Gasteiger partial charge is 0.317 e. The summed E-state index contributed by atoms with van der Waals surface area (Å²) >= 11 is 5.63. The topological polar surface area (TPSA) is 84.0 Å². The molecule has 1 amide bonds. The minimum absolute atomic E-state index is 0.0854. The van der Waals surface area contributed by atoms with Gasteiger partial charge in [-0.2, -0.15) is 0 Å². The predicted octanol–water partition coefficient (Wildman–Crippen LogP) is 2.26. The second-order valence-corrected chi connectivity index (χ2v) is 5.59. The van der Waals surface area contributed by atoms with Crippen molar-refractivity contribution in [1.82, 2.24) is 9.55 Å². The second-order valence-electron chi connectivity index (χ2n) is 5.18. The van der Waals surface area contributed by atoms with Crippen LogP contribution in [0, 0.1) is 11.6 Å². The van der Waals surface area contributed by atoms with Crippen LogP contribution >= 0.6 is 11.6 Å². The number of benzene rings is 2. The predicted molar refractivity (Wildman–Crippen MR) is 88.8 cm³/mol. The van der Waals surface area contributed by atoms with E-state index in [1.54, 1.807) is 0 Å². The van der Waals surface area contributed by atoms with E-state index in [4.69, 9.17) is 11.6 Å². The third-order valence-electron chi connectivity index (χ3n) is 3.44. The molecule has 128 valence electrons. The number of anilines is 1. The number of aromatic amines is 1. The Hall–Kier alpha value is -3.00. The van der Waals surface area contributed by atoms with Crippen molar-refractivity contribution in [2.45, 2.75) is 6.54 Å². The number of nitrogens with one attached hydrogen (secondary N) is 2. The molecule has 9 heteroatoms. The van der Waals surface area contributed by atoms with Crippen LogP contribution in [0.1, 0.15) is 0 Å². The van der Waals surface area contributed by atoms with Crippen LogP contribution in [0.15, 0.2) is 46.0 Å². The van der Waals surface area contributed by atoms with Crippen molar-refractivity contribution < 1.29 is 13.6 Å². The molecular formula is C16H10ClF2N3O3. The molecule has 0 saturated carbocycles. The Bertz CT molecular complexity index is 1110. The first-order chi connectivity index (χ1) is 11.8. The maximum Gasteiger partial charge on any atom is 0.317 e. The molecule has 0 aliphatic rings. The molecule has 2 aromatic carbocycles. The lowest BCUT2D eigenvalue weighted by Crippen LogP contribution is -2.38. The third-order valence-corrected chi connectivity index (χ3v) is 3.73. The van der Waals surface area contributed by atoms with Crippen LogP contribution in [0.5, 0.6) is 0 Å². The number of H-pyrrole nitrogens is 1. The molecule has 2 N–H and O–H groups in total. The first-order valence-corrected chi connectivity index (χ1v) is 7.40. The van der Waals surface area contributed by atoms with Crippen molar-refractivity contribution in [3.63, 3.8) is 0 Å². The standard InChI is InChI=1S/C16H10ClF2N3O3/c17-10-6-9(2-3-11(10)19)20-14(23)7-22-13-4-1-8(18)5-12(13)21-15(24)16(22)25/h1-6H,7H2,(H,20,23)(H,21,24). The number of halogens is 3. The van der Waals surface area contributed by atoms with Crippen molar-refractivity contribution in [1.29, 1.82) is 0 Å². The summed E-state index contributed by atoms with van der Waals surface area (Å²) < 4.78 is 27.3. The Kier molecular flexibility index (Phi) is 4.37. The van der Waals surface area contributed by atoms with Gasteiger partial charge in [-0.1, -0.05) is 11.6 Å². The van der Waals surface area contributed by atoms with Gasteiger partial charge in [0.05, 0.1) is 16.1 Å². The van der Waals surface area contributed by atoms with E-state index in [9.17, 15) is 23.2 Å². The maximum atomic E-state index is 13.3. The monoisotopic (exact) mass is 365 g/mol. The van der Waals surface area contributed by atoms with E-state index in [1.165, 1.54) is 18.2 Å². The van der Waals surface area contributed by atoms with E-state index in [1.807, 2.05) is 0 Å². The van der Waals surface area contributed by atoms with Crippen molar-refractivity contribution >= 4 is 34.2 Å². The molecule has 6 nitrogen and oxygen atoms in total. The molecule has 0 fully saturated rings. The van der Waals surface area contributed by atoms with Crippen LogP contribution in [0.2, 0.25) is 5.02 Å². The largest absolute Gasteiger partial charge is 0.324 e. The molecule has 0 aliphatic heterocycles. The molecule has 0 bridgehead atoms. The van der Waals surface area contributed by atoms with Crippen molar-refractivity contribution in [3.8, 4) is 0 Å². The highest BCUT2D eigenvalue weighted by Crippen LogP contribution is 2.19. The van der Waals surface area contributed by atoms with E-state index >= 15 is 0 Å². The highest BCUT2D eigenvalue weighted by molar-refractivity contribution is 6.31. The average molecular weight is 366 g/mol. The summed E-state index contributed by atoms with van der Waals surface area (Å²) in [5.74, 6) is -1.88. The second kappa shape index (κ2) is 6.48. The van der Waals surface area contributed by atoms with Crippen LogP contribution in [0.3, 0.4) is 0 Å². The number of nitrogens with zero attached hydrogens (tertiary/aromatic N) is 1. The minimum Gasteiger partial charge on any atom is -0.324 e. The van der Waals surface area contributed by atoms with Crippen LogP contribution in [0.25, 0.3) is 11.0 Å². The normalized spacial score (nSPS) is 10.8. The van der Waals surface area contributed by atoms with Crippen molar-refractivity contribution in [2.24, 2.45) is 0 Å². The van der Waals surface area contributed by atoms with Crippen LogP contribution in [-0.4, -0.2) is 15.5 Å². The SMILES string of the molecule is O=C(Cn1c(=O)c(=O)[nH]c2cc(F)ccc21)Nc1ccc(F)c(Cl)c1.